The van der Waals surface area contributed by atoms with Crippen LogP contribution in [-0.4, -0.2) is 17.0 Å². The number of carbonyl (C=O) groups excluding carboxylic acids is 1. The van der Waals surface area contributed by atoms with Crippen LogP contribution in [0.4, 0.5) is 4.39 Å². The van der Waals surface area contributed by atoms with E-state index in [-0.39, 0.29) is 24.7 Å². The average molecular weight is 253 g/mol. The van der Waals surface area contributed by atoms with E-state index in [2.05, 4.69) is 5.32 Å². The van der Waals surface area contributed by atoms with E-state index in [1.165, 1.54) is 26.0 Å². The largest absolute Gasteiger partial charge is 0.481 e. The summed E-state index contributed by atoms with van der Waals surface area (Å²) in [6.07, 6.45) is -0.0937. The Hall–Kier alpha value is -1.91. The molecule has 0 aliphatic carbocycles. The maximum absolute atomic E-state index is 12.6. The summed E-state index contributed by atoms with van der Waals surface area (Å²) in [7, 11) is 0. The first-order valence-corrected chi connectivity index (χ1v) is 5.56. The van der Waals surface area contributed by atoms with Crippen LogP contribution < -0.4 is 5.32 Å². The predicted octanol–water partition coefficient (Wildman–Crippen LogP) is 1.94. The minimum Gasteiger partial charge on any atom is -0.481 e. The Labute approximate surface area is 105 Å². The molecular weight excluding hydrogens is 237 g/mol. The predicted molar refractivity (Wildman–Crippen MR) is 64.3 cm³/mol. The Morgan fingerprint density at radius 1 is 1.28 bits per heavy atom. The van der Waals surface area contributed by atoms with Gasteiger partial charge in [-0.2, -0.15) is 0 Å². The van der Waals surface area contributed by atoms with E-state index in [9.17, 15) is 14.0 Å². The zero-order valence-electron chi connectivity index (χ0n) is 10.4. The van der Waals surface area contributed by atoms with Crippen LogP contribution in [0.25, 0.3) is 0 Å². The third kappa shape index (κ3) is 4.16. The second-order valence-electron chi connectivity index (χ2n) is 4.77. The Morgan fingerprint density at radius 2 is 1.83 bits per heavy atom. The van der Waals surface area contributed by atoms with Gasteiger partial charge in [-0.1, -0.05) is 12.1 Å². The number of amides is 1. The van der Waals surface area contributed by atoms with Gasteiger partial charge in [0.05, 0.1) is 5.41 Å². The van der Waals surface area contributed by atoms with Crippen molar-refractivity contribution in [3.63, 3.8) is 0 Å². The number of nitrogens with one attached hydrogen (secondary N) is 1. The van der Waals surface area contributed by atoms with E-state index in [0.29, 0.717) is 0 Å². The van der Waals surface area contributed by atoms with Crippen molar-refractivity contribution in [2.45, 2.75) is 26.8 Å². The first-order chi connectivity index (χ1) is 8.31. The van der Waals surface area contributed by atoms with E-state index < -0.39 is 11.4 Å². The standard InChI is InChI=1S/C13H16FNO3/c1-13(2,12(17)18)7-11(16)15-8-9-3-5-10(14)6-4-9/h3-6H,7-8H2,1-2H3,(H,15,16)(H,17,18). The van der Waals surface area contributed by atoms with E-state index in [0.717, 1.165) is 5.56 Å². The van der Waals surface area contributed by atoms with Crippen molar-refractivity contribution < 1.29 is 19.1 Å². The van der Waals surface area contributed by atoms with Crippen LogP contribution in [0.1, 0.15) is 25.8 Å². The molecule has 0 heterocycles. The lowest BCUT2D eigenvalue weighted by Gasteiger charge is -2.18. The van der Waals surface area contributed by atoms with Crippen LogP contribution in [-0.2, 0) is 16.1 Å². The molecule has 0 aliphatic rings. The number of carbonyl (C=O) groups is 2. The average Bonchev–Trinajstić information content (AvgIpc) is 2.27. The molecule has 0 fully saturated rings. The highest BCUT2D eigenvalue weighted by Crippen LogP contribution is 2.20. The van der Waals surface area contributed by atoms with Crippen LogP contribution in [0.2, 0.25) is 0 Å². The lowest BCUT2D eigenvalue weighted by Crippen LogP contribution is -2.33. The van der Waals surface area contributed by atoms with E-state index >= 15 is 0 Å². The van der Waals surface area contributed by atoms with E-state index in [4.69, 9.17) is 5.11 Å². The Kier molecular flexibility index (Phi) is 4.42. The fourth-order valence-electron chi connectivity index (χ4n) is 1.34. The minimum atomic E-state index is -1.09. The number of carboxylic acids is 1. The third-order valence-corrected chi connectivity index (χ3v) is 2.58. The van der Waals surface area contributed by atoms with Gasteiger partial charge >= 0.3 is 5.97 Å². The zero-order chi connectivity index (χ0) is 13.8. The molecule has 1 rings (SSSR count). The van der Waals surface area contributed by atoms with Crippen LogP contribution in [0.3, 0.4) is 0 Å². The first-order valence-electron chi connectivity index (χ1n) is 5.56. The zero-order valence-corrected chi connectivity index (χ0v) is 10.4. The number of halogens is 1. The lowest BCUT2D eigenvalue weighted by molar-refractivity contribution is -0.149. The molecule has 0 bridgehead atoms. The van der Waals surface area contributed by atoms with Crippen molar-refractivity contribution >= 4 is 11.9 Å². The topological polar surface area (TPSA) is 66.4 Å². The molecule has 0 spiro atoms. The second-order valence-corrected chi connectivity index (χ2v) is 4.77. The fourth-order valence-corrected chi connectivity index (χ4v) is 1.34. The van der Waals surface area contributed by atoms with Crippen LogP contribution in [0, 0.1) is 11.2 Å². The van der Waals surface area contributed by atoms with Crippen molar-refractivity contribution in [3.05, 3.63) is 35.6 Å². The van der Waals surface area contributed by atoms with Crippen LogP contribution in [0.15, 0.2) is 24.3 Å². The highest BCUT2D eigenvalue weighted by atomic mass is 19.1. The monoisotopic (exact) mass is 253 g/mol. The minimum absolute atomic E-state index is 0.0937. The highest BCUT2D eigenvalue weighted by Gasteiger charge is 2.29. The van der Waals surface area contributed by atoms with Gasteiger partial charge in [-0.05, 0) is 31.5 Å². The molecule has 0 saturated carbocycles. The van der Waals surface area contributed by atoms with Gasteiger partial charge in [0.25, 0.3) is 0 Å². The molecule has 0 unspecified atom stereocenters. The maximum atomic E-state index is 12.6. The third-order valence-electron chi connectivity index (χ3n) is 2.58. The van der Waals surface area contributed by atoms with Crippen LogP contribution in [0.5, 0.6) is 0 Å². The van der Waals surface area contributed by atoms with Crippen molar-refractivity contribution in [1.82, 2.24) is 5.32 Å². The Balaban J connectivity index is 2.47. The van der Waals surface area contributed by atoms with Gasteiger partial charge in [0.15, 0.2) is 0 Å². The molecule has 5 heteroatoms. The SMILES string of the molecule is CC(C)(CC(=O)NCc1ccc(F)cc1)C(=O)O. The molecule has 0 radical (unpaired) electrons. The molecular formula is C13H16FNO3. The summed E-state index contributed by atoms with van der Waals surface area (Å²) in [4.78, 5) is 22.4. The smallest absolute Gasteiger partial charge is 0.309 e. The summed E-state index contributed by atoms with van der Waals surface area (Å²) in [5, 5.41) is 11.5. The number of rotatable bonds is 5. The Morgan fingerprint density at radius 3 is 2.33 bits per heavy atom. The van der Waals surface area contributed by atoms with Crippen LogP contribution >= 0.6 is 0 Å². The van der Waals surface area contributed by atoms with Gasteiger partial charge in [-0.3, -0.25) is 9.59 Å². The highest BCUT2D eigenvalue weighted by molar-refractivity contribution is 5.84. The van der Waals surface area contributed by atoms with Crippen molar-refractivity contribution in [1.29, 1.82) is 0 Å². The molecule has 2 N–H and O–H groups in total. The van der Waals surface area contributed by atoms with Gasteiger partial charge in [-0.25, -0.2) is 4.39 Å². The van der Waals surface area contributed by atoms with Crippen molar-refractivity contribution in [2.24, 2.45) is 5.41 Å². The first kappa shape index (κ1) is 14.2. The van der Waals surface area contributed by atoms with Gasteiger partial charge in [0.2, 0.25) is 5.91 Å². The number of carboxylic acid groups (broad SMARTS) is 1. The fraction of sp³-hybridized carbons (Fsp3) is 0.385. The molecule has 1 aromatic rings. The van der Waals surface area contributed by atoms with E-state index in [1.807, 2.05) is 0 Å². The summed E-state index contributed by atoms with van der Waals surface area (Å²) >= 11 is 0. The van der Waals surface area contributed by atoms with Gasteiger partial charge < -0.3 is 10.4 Å². The molecule has 0 aliphatic heterocycles. The molecule has 98 valence electrons. The molecule has 18 heavy (non-hydrogen) atoms. The summed E-state index contributed by atoms with van der Waals surface area (Å²) in [6.45, 7) is 3.24. The molecule has 0 atom stereocenters. The van der Waals surface area contributed by atoms with Gasteiger partial charge in [0, 0.05) is 13.0 Å². The molecule has 0 aromatic heterocycles. The second kappa shape index (κ2) is 5.62. The van der Waals surface area contributed by atoms with Gasteiger partial charge in [0.1, 0.15) is 5.82 Å². The molecule has 1 aromatic carbocycles. The lowest BCUT2D eigenvalue weighted by atomic mass is 9.89. The van der Waals surface area contributed by atoms with Gasteiger partial charge in [-0.15, -0.1) is 0 Å². The normalized spacial score (nSPS) is 11.1. The van der Waals surface area contributed by atoms with Crippen molar-refractivity contribution in [2.75, 3.05) is 0 Å². The summed E-state index contributed by atoms with van der Waals surface area (Å²) in [6, 6.07) is 5.75. The molecule has 4 nitrogen and oxygen atoms in total. The summed E-state index contributed by atoms with van der Waals surface area (Å²) in [5.74, 6) is -1.69. The molecule has 0 saturated heterocycles. The summed E-state index contributed by atoms with van der Waals surface area (Å²) < 4.78 is 12.6. The van der Waals surface area contributed by atoms with E-state index in [1.54, 1.807) is 12.1 Å². The maximum Gasteiger partial charge on any atom is 0.309 e. The Bertz CT molecular complexity index is 440. The number of hydrogen-bond acceptors (Lipinski definition) is 2. The number of benzene rings is 1. The van der Waals surface area contributed by atoms with Crippen molar-refractivity contribution in [3.8, 4) is 0 Å². The summed E-state index contributed by atoms with van der Waals surface area (Å²) in [5.41, 5.74) is -0.328. The number of hydrogen-bond donors (Lipinski definition) is 2. The quantitative estimate of drug-likeness (QED) is 0.842. The number of aliphatic carboxylic acids is 1. The molecule has 1 amide bonds.